The fourth-order valence-corrected chi connectivity index (χ4v) is 2.79. The third-order valence-electron chi connectivity index (χ3n) is 3.99. The third kappa shape index (κ3) is 3.06. The van der Waals surface area contributed by atoms with Crippen molar-refractivity contribution in [1.29, 1.82) is 0 Å². The topological polar surface area (TPSA) is 46.9 Å². The minimum atomic E-state index is -0.395. The number of benzene rings is 2. The first-order chi connectivity index (χ1) is 12.1. The van der Waals surface area contributed by atoms with E-state index in [2.05, 4.69) is 10.4 Å². The van der Waals surface area contributed by atoms with Crippen LogP contribution in [0.3, 0.4) is 0 Å². The van der Waals surface area contributed by atoms with E-state index in [-0.39, 0.29) is 11.7 Å². The first-order valence-electron chi connectivity index (χ1n) is 7.68. The number of nitrogens with one attached hydrogen (secondary N) is 1. The van der Waals surface area contributed by atoms with Crippen LogP contribution in [0.15, 0.2) is 54.9 Å². The number of halogens is 2. The van der Waals surface area contributed by atoms with E-state index in [1.54, 1.807) is 41.4 Å². The zero-order valence-corrected chi connectivity index (χ0v) is 13.0. The average Bonchev–Trinajstić information content (AvgIpc) is 3.15. The highest BCUT2D eigenvalue weighted by Gasteiger charge is 2.24. The smallest absolute Gasteiger partial charge is 0.256 e. The van der Waals surface area contributed by atoms with Gasteiger partial charge in [0.05, 0.1) is 12.7 Å². The van der Waals surface area contributed by atoms with E-state index in [9.17, 15) is 13.6 Å². The Morgan fingerprint density at radius 3 is 2.64 bits per heavy atom. The Kier molecular flexibility index (Phi) is 3.65. The van der Waals surface area contributed by atoms with E-state index in [1.165, 1.54) is 24.3 Å². The molecule has 0 radical (unpaired) electrons. The van der Waals surface area contributed by atoms with Crippen molar-refractivity contribution in [2.45, 2.75) is 6.54 Å². The van der Waals surface area contributed by atoms with Crippen LogP contribution in [0.1, 0.15) is 16.7 Å². The van der Waals surface area contributed by atoms with Gasteiger partial charge in [0.1, 0.15) is 11.6 Å². The standard InChI is InChI=1S/C19H13F2N3O/c20-14-3-1-12(2-4-14)10-24-11-13(9-22-24)7-17-16-8-15(21)5-6-18(16)23-19(17)25/h1-9,11H,10H2,(H,23,25)/b17-7+. The van der Waals surface area contributed by atoms with Crippen LogP contribution in [0.2, 0.25) is 0 Å². The molecule has 4 nitrogen and oxygen atoms in total. The van der Waals surface area contributed by atoms with Gasteiger partial charge in [-0.05, 0) is 42.0 Å². The van der Waals surface area contributed by atoms with E-state index < -0.39 is 5.82 Å². The number of carbonyl (C=O) groups is 1. The molecular formula is C19H13F2N3O. The SMILES string of the molecule is O=C1Nc2ccc(F)cc2/C1=C\c1cnn(Cc2ccc(F)cc2)c1. The molecule has 25 heavy (non-hydrogen) atoms. The highest BCUT2D eigenvalue weighted by atomic mass is 19.1. The van der Waals surface area contributed by atoms with E-state index in [4.69, 9.17) is 0 Å². The number of aromatic nitrogens is 2. The first-order valence-corrected chi connectivity index (χ1v) is 7.68. The number of rotatable bonds is 3. The fraction of sp³-hybridized carbons (Fsp3) is 0.0526. The van der Waals surface area contributed by atoms with Crippen LogP contribution < -0.4 is 5.32 Å². The van der Waals surface area contributed by atoms with Crippen molar-refractivity contribution in [3.8, 4) is 0 Å². The molecule has 4 rings (SSSR count). The maximum atomic E-state index is 13.5. The van der Waals surface area contributed by atoms with Gasteiger partial charge in [-0.3, -0.25) is 9.48 Å². The lowest BCUT2D eigenvalue weighted by Crippen LogP contribution is -2.03. The number of hydrogen-bond donors (Lipinski definition) is 1. The van der Waals surface area contributed by atoms with Crippen LogP contribution in [-0.4, -0.2) is 15.7 Å². The summed E-state index contributed by atoms with van der Waals surface area (Å²) in [5.41, 5.74) is 3.17. The summed E-state index contributed by atoms with van der Waals surface area (Å²) in [6, 6.07) is 10.4. The molecule has 1 aliphatic rings. The van der Waals surface area contributed by atoms with Crippen LogP contribution in [0, 0.1) is 11.6 Å². The molecule has 0 fully saturated rings. The van der Waals surface area contributed by atoms with Crippen LogP contribution >= 0.6 is 0 Å². The number of fused-ring (bicyclic) bond motifs is 1. The van der Waals surface area contributed by atoms with Crippen molar-refractivity contribution in [3.05, 3.63) is 83.2 Å². The maximum Gasteiger partial charge on any atom is 0.256 e. The Hall–Kier alpha value is -3.28. The molecule has 1 N–H and O–H groups in total. The molecule has 6 heteroatoms. The minimum Gasteiger partial charge on any atom is -0.321 e. The molecule has 2 heterocycles. The highest BCUT2D eigenvalue weighted by molar-refractivity contribution is 6.34. The molecule has 0 saturated carbocycles. The average molecular weight is 337 g/mol. The second kappa shape index (κ2) is 5.98. The summed E-state index contributed by atoms with van der Waals surface area (Å²) < 4.78 is 28.1. The number of carbonyl (C=O) groups excluding carboxylic acids is 1. The second-order valence-corrected chi connectivity index (χ2v) is 5.80. The van der Waals surface area contributed by atoms with Crippen LogP contribution in [0.5, 0.6) is 0 Å². The summed E-state index contributed by atoms with van der Waals surface area (Å²) in [4.78, 5) is 12.1. The van der Waals surface area contributed by atoms with Crippen LogP contribution in [0.25, 0.3) is 11.6 Å². The Labute approximate surface area is 142 Å². The molecular weight excluding hydrogens is 324 g/mol. The van der Waals surface area contributed by atoms with Gasteiger partial charge in [0, 0.05) is 28.6 Å². The van der Waals surface area contributed by atoms with Crippen molar-refractivity contribution in [1.82, 2.24) is 9.78 Å². The van der Waals surface area contributed by atoms with Gasteiger partial charge in [-0.25, -0.2) is 8.78 Å². The molecule has 0 unspecified atom stereocenters. The maximum absolute atomic E-state index is 13.5. The molecule has 0 atom stereocenters. The van der Waals surface area contributed by atoms with Gasteiger partial charge in [0.25, 0.3) is 5.91 Å². The van der Waals surface area contributed by atoms with Crippen molar-refractivity contribution < 1.29 is 13.6 Å². The van der Waals surface area contributed by atoms with Gasteiger partial charge in [0.15, 0.2) is 0 Å². The van der Waals surface area contributed by atoms with Gasteiger partial charge < -0.3 is 5.32 Å². The van der Waals surface area contributed by atoms with Gasteiger partial charge in [-0.1, -0.05) is 12.1 Å². The van der Waals surface area contributed by atoms with Gasteiger partial charge in [-0.15, -0.1) is 0 Å². The van der Waals surface area contributed by atoms with Crippen molar-refractivity contribution in [2.75, 3.05) is 5.32 Å². The molecule has 0 saturated heterocycles. The zero-order valence-electron chi connectivity index (χ0n) is 13.0. The van der Waals surface area contributed by atoms with Crippen molar-refractivity contribution >= 4 is 23.2 Å². The van der Waals surface area contributed by atoms with E-state index >= 15 is 0 Å². The normalized spacial score (nSPS) is 14.6. The van der Waals surface area contributed by atoms with Crippen LogP contribution in [0.4, 0.5) is 14.5 Å². The summed E-state index contributed by atoms with van der Waals surface area (Å²) in [5.74, 6) is -0.951. The predicted octanol–water partition coefficient (Wildman–Crippen LogP) is 3.70. The molecule has 3 aromatic rings. The Balaban J connectivity index is 1.61. The summed E-state index contributed by atoms with van der Waals surface area (Å²) in [6.07, 6.45) is 5.08. The molecule has 0 aliphatic carbocycles. The molecule has 2 aromatic carbocycles. The monoisotopic (exact) mass is 337 g/mol. The lowest BCUT2D eigenvalue weighted by Gasteiger charge is -2.01. The Morgan fingerprint density at radius 2 is 1.84 bits per heavy atom. The second-order valence-electron chi connectivity index (χ2n) is 5.80. The van der Waals surface area contributed by atoms with E-state index in [0.29, 0.717) is 23.4 Å². The lowest BCUT2D eigenvalue weighted by atomic mass is 10.1. The molecule has 0 spiro atoms. The largest absolute Gasteiger partial charge is 0.321 e. The summed E-state index contributed by atoms with van der Waals surface area (Å²) in [6.45, 7) is 0.487. The van der Waals surface area contributed by atoms with Crippen molar-refractivity contribution in [3.63, 3.8) is 0 Å². The van der Waals surface area contributed by atoms with Crippen molar-refractivity contribution in [2.24, 2.45) is 0 Å². The van der Waals surface area contributed by atoms with Gasteiger partial charge >= 0.3 is 0 Å². The summed E-state index contributed by atoms with van der Waals surface area (Å²) >= 11 is 0. The molecule has 124 valence electrons. The summed E-state index contributed by atoms with van der Waals surface area (Å²) in [7, 11) is 0. The Morgan fingerprint density at radius 1 is 1.08 bits per heavy atom. The van der Waals surface area contributed by atoms with E-state index in [0.717, 1.165) is 11.1 Å². The first kappa shape index (κ1) is 15.3. The quantitative estimate of drug-likeness (QED) is 0.741. The van der Waals surface area contributed by atoms with Gasteiger partial charge in [-0.2, -0.15) is 5.10 Å². The number of hydrogen-bond acceptors (Lipinski definition) is 2. The molecule has 1 amide bonds. The predicted molar refractivity (Wildman–Crippen MR) is 90.6 cm³/mol. The molecule has 1 aliphatic heterocycles. The van der Waals surface area contributed by atoms with Crippen LogP contribution in [-0.2, 0) is 11.3 Å². The minimum absolute atomic E-state index is 0.271. The van der Waals surface area contributed by atoms with Gasteiger partial charge in [0.2, 0.25) is 0 Å². The lowest BCUT2D eigenvalue weighted by molar-refractivity contribution is -0.110. The Bertz CT molecular complexity index is 990. The zero-order chi connectivity index (χ0) is 17.4. The number of nitrogens with zero attached hydrogens (tertiary/aromatic N) is 2. The third-order valence-corrected chi connectivity index (χ3v) is 3.99. The number of anilines is 1. The fourth-order valence-electron chi connectivity index (χ4n) is 2.79. The highest BCUT2D eigenvalue weighted by Crippen LogP contribution is 2.33. The van der Waals surface area contributed by atoms with E-state index in [1.807, 2.05) is 0 Å². The molecule has 0 bridgehead atoms. The number of amides is 1. The summed E-state index contributed by atoms with van der Waals surface area (Å²) in [5, 5.41) is 6.96. The molecule has 1 aromatic heterocycles.